The van der Waals surface area contributed by atoms with Crippen LogP contribution in [0.5, 0.6) is 0 Å². The van der Waals surface area contributed by atoms with Gasteiger partial charge >= 0.3 is 0 Å². The number of rotatable bonds is 2. The van der Waals surface area contributed by atoms with Gasteiger partial charge in [0.1, 0.15) is 0 Å². The molecule has 0 spiro atoms. The molecule has 1 atom stereocenters. The van der Waals surface area contributed by atoms with Crippen molar-refractivity contribution in [2.24, 2.45) is 0 Å². The molecule has 17 heavy (non-hydrogen) atoms. The van der Waals surface area contributed by atoms with Crippen LogP contribution in [0, 0.1) is 0 Å². The summed E-state index contributed by atoms with van der Waals surface area (Å²) in [7, 11) is 0. The summed E-state index contributed by atoms with van der Waals surface area (Å²) < 4.78 is 0. The Hall–Kier alpha value is -0.0800. The third-order valence-corrected chi connectivity index (χ3v) is 5.04. The molecular formula is C15H30N2. The summed E-state index contributed by atoms with van der Waals surface area (Å²) in [6.45, 7) is 11.9. The van der Waals surface area contributed by atoms with Crippen LogP contribution in [-0.2, 0) is 0 Å². The number of hydrogen-bond acceptors (Lipinski definition) is 2. The third kappa shape index (κ3) is 2.85. The van der Waals surface area contributed by atoms with Crippen LogP contribution in [0.15, 0.2) is 0 Å². The maximum atomic E-state index is 3.76. The first-order chi connectivity index (χ1) is 7.97. The van der Waals surface area contributed by atoms with Crippen LogP contribution < -0.4 is 5.32 Å². The van der Waals surface area contributed by atoms with Crippen LogP contribution in [0.3, 0.4) is 0 Å². The quantitative estimate of drug-likeness (QED) is 0.795. The Morgan fingerprint density at radius 2 is 1.76 bits per heavy atom. The van der Waals surface area contributed by atoms with Crippen LogP contribution in [0.4, 0.5) is 0 Å². The van der Waals surface area contributed by atoms with E-state index in [4.69, 9.17) is 0 Å². The second-order valence-electron chi connectivity index (χ2n) is 7.00. The standard InChI is InChI=1S/C15H30N2/c1-5-15(4)12-17(14(2,3)11-16-15)13-9-7-6-8-10-13/h13,16H,5-12H2,1-4H3. The normalized spacial score (nSPS) is 36.0. The Morgan fingerprint density at radius 3 is 2.35 bits per heavy atom. The maximum absolute atomic E-state index is 3.76. The lowest BCUT2D eigenvalue weighted by atomic mass is 9.83. The molecule has 0 aromatic heterocycles. The fourth-order valence-corrected chi connectivity index (χ4v) is 3.43. The van der Waals surface area contributed by atoms with Gasteiger partial charge in [-0.2, -0.15) is 0 Å². The van der Waals surface area contributed by atoms with Gasteiger partial charge in [0.05, 0.1) is 0 Å². The predicted molar refractivity (Wildman–Crippen MR) is 74.4 cm³/mol. The van der Waals surface area contributed by atoms with Gasteiger partial charge in [-0.05, 0) is 40.0 Å². The minimum Gasteiger partial charge on any atom is -0.308 e. The largest absolute Gasteiger partial charge is 0.308 e. The van der Waals surface area contributed by atoms with Gasteiger partial charge in [-0.1, -0.05) is 26.2 Å². The lowest BCUT2D eigenvalue weighted by molar-refractivity contribution is -0.0151. The van der Waals surface area contributed by atoms with Crippen LogP contribution in [0.2, 0.25) is 0 Å². The molecule has 2 heteroatoms. The molecule has 2 nitrogen and oxygen atoms in total. The molecular weight excluding hydrogens is 208 g/mol. The number of nitrogens with one attached hydrogen (secondary N) is 1. The SMILES string of the molecule is CCC1(C)CN(C2CCCCC2)C(C)(C)CN1. The van der Waals surface area contributed by atoms with Crippen molar-refractivity contribution in [3.05, 3.63) is 0 Å². The Kier molecular flexibility index (Phi) is 3.84. The highest BCUT2D eigenvalue weighted by atomic mass is 15.3. The van der Waals surface area contributed by atoms with Gasteiger partial charge in [-0.15, -0.1) is 0 Å². The summed E-state index contributed by atoms with van der Waals surface area (Å²) in [4.78, 5) is 2.81. The number of hydrogen-bond donors (Lipinski definition) is 1. The second-order valence-corrected chi connectivity index (χ2v) is 7.00. The molecule has 2 rings (SSSR count). The smallest absolute Gasteiger partial charge is 0.0281 e. The summed E-state index contributed by atoms with van der Waals surface area (Å²) in [5.74, 6) is 0. The molecule has 0 amide bonds. The fraction of sp³-hybridized carbons (Fsp3) is 1.00. The van der Waals surface area contributed by atoms with Crippen molar-refractivity contribution in [2.45, 2.75) is 83.3 Å². The van der Waals surface area contributed by atoms with Gasteiger partial charge in [0, 0.05) is 30.2 Å². The number of nitrogens with zero attached hydrogens (tertiary/aromatic N) is 1. The second kappa shape index (κ2) is 4.89. The van der Waals surface area contributed by atoms with E-state index in [1.165, 1.54) is 45.1 Å². The minimum atomic E-state index is 0.326. The number of piperazine rings is 1. The van der Waals surface area contributed by atoms with Gasteiger partial charge in [-0.3, -0.25) is 4.90 Å². The zero-order valence-electron chi connectivity index (χ0n) is 12.2. The summed E-state index contributed by atoms with van der Waals surface area (Å²) in [6, 6.07) is 0.840. The molecule has 0 bridgehead atoms. The van der Waals surface area contributed by atoms with Gasteiger partial charge in [0.15, 0.2) is 0 Å². The van der Waals surface area contributed by atoms with E-state index in [1.54, 1.807) is 0 Å². The first-order valence-corrected chi connectivity index (χ1v) is 7.49. The predicted octanol–water partition coefficient (Wildman–Crippen LogP) is 3.17. The van der Waals surface area contributed by atoms with Crippen molar-refractivity contribution in [2.75, 3.05) is 13.1 Å². The third-order valence-electron chi connectivity index (χ3n) is 5.04. The zero-order valence-corrected chi connectivity index (χ0v) is 12.2. The summed E-state index contributed by atoms with van der Waals surface area (Å²) in [5, 5.41) is 3.76. The lowest BCUT2D eigenvalue weighted by Crippen LogP contribution is -2.69. The average Bonchev–Trinajstić information content (AvgIpc) is 2.34. The Morgan fingerprint density at radius 1 is 1.12 bits per heavy atom. The molecule has 1 N–H and O–H groups in total. The van der Waals surface area contributed by atoms with Crippen molar-refractivity contribution in [1.29, 1.82) is 0 Å². The van der Waals surface area contributed by atoms with Crippen molar-refractivity contribution in [1.82, 2.24) is 10.2 Å². The first kappa shape index (κ1) is 13.4. The van der Waals surface area contributed by atoms with Crippen molar-refractivity contribution < 1.29 is 0 Å². The Labute approximate surface area is 107 Å². The monoisotopic (exact) mass is 238 g/mol. The van der Waals surface area contributed by atoms with Gasteiger partial charge in [-0.25, -0.2) is 0 Å². The van der Waals surface area contributed by atoms with E-state index in [2.05, 4.69) is 37.9 Å². The minimum absolute atomic E-state index is 0.326. The molecule has 1 aliphatic carbocycles. The topological polar surface area (TPSA) is 15.3 Å². The van der Waals surface area contributed by atoms with Crippen LogP contribution in [0.1, 0.15) is 66.2 Å². The molecule has 0 aromatic rings. The first-order valence-electron chi connectivity index (χ1n) is 7.49. The molecule has 1 heterocycles. The maximum Gasteiger partial charge on any atom is 0.0281 e. The lowest BCUT2D eigenvalue weighted by Gasteiger charge is -2.54. The molecule has 2 fully saturated rings. The van der Waals surface area contributed by atoms with Crippen LogP contribution >= 0.6 is 0 Å². The summed E-state index contributed by atoms with van der Waals surface area (Å²) in [6.07, 6.45) is 8.40. The van der Waals surface area contributed by atoms with Gasteiger partial charge in [0.25, 0.3) is 0 Å². The average molecular weight is 238 g/mol. The molecule has 1 saturated heterocycles. The van der Waals surface area contributed by atoms with E-state index in [9.17, 15) is 0 Å². The fourth-order valence-electron chi connectivity index (χ4n) is 3.43. The molecule has 100 valence electrons. The molecule has 1 unspecified atom stereocenters. The zero-order chi connectivity index (χ0) is 12.5. The summed E-state index contributed by atoms with van der Waals surface area (Å²) in [5.41, 5.74) is 0.656. The van der Waals surface area contributed by atoms with E-state index in [0.717, 1.165) is 12.6 Å². The van der Waals surface area contributed by atoms with E-state index in [0.29, 0.717) is 11.1 Å². The van der Waals surface area contributed by atoms with E-state index in [-0.39, 0.29) is 0 Å². The van der Waals surface area contributed by atoms with Crippen LogP contribution in [0.25, 0.3) is 0 Å². The van der Waals surface area contributed by atoms with Crippen LogP contribution in [-0.4, -0.2) is 35.1 Å². The molecule has 1 aliphatic heterocycles. The van der Waals surface area contributed by atoms with Crippen molar-refractivity contribution >= 4 is 0 Å². The van der Waals surface area contributed by atoms with Gasteiger partial charge < -0.3 is 5.32 Å². The highest BCUT2D eigenvalue weighted by Crippen LogP contribution is 2.33. The molecule has 1 saturated carbocycles. The van der Waals surface area contributed by atoms with E-state index < -0.39 is 0 Å². The molecule has 0 radical (unpaired) electrons. The van der Waals surface area contributed by atoms with Crippen molar-refractivity contribution in [3.63, 3.8) is 0 Å². The molecule has 2 aliphatic rings. The van der Waals surface area contributed by atoms with E-state index in [1.807, 2.05) is 0 Å². The van der Waals surface area contributed by atoms with Gasteiger partial charge in [0.2, 0.25) is 0 Å². The van der Waals surface area contributed by atoms with Crippen molar-refractivity contribution in [3.8, 4) is 0 Å². The van der Waals surface area contributed by atoms with E-state index >= 15 is 0 Å². The summed E-state index contributed by atoms with van der Waals surface area (Å²) >= 11 is 0. The molecule has 0 aromatic carbocycles. The Balaban J connectivity index is 2.09. The highest BCUT2D eigenvalue weighted by molar-refractivity contribution is 5.01. The highest BCUT2D eigenvalue weighted by Gasteiger charge is 2.42. The Bertz CT molecular complexity index is 256.